The van der Waals surface area contributed by atoms with E-state index in [1.165, 1.54) is 5.56 Å². The highest BCUT2D eigenvalue weighted by Gasteiger charge is 2.14. The van der Waals surface area contributed by atoms with Crippen LogP contribution >= 0.6 is 0 Å². The van der Waals surface area contributed by atoms with Crippen molar-refractivity contribution in [2.24, 2.45) is 4.99 Å². The molecule has 1 aromatic rings. The Balaban J connectivity index is 2.42. The van der Waals surface area contributed by atoms with Crippen molar-refractivity contribution in [2.45, 2.75) is 26.4 Å². The fourth-order valence-electron chi connectivity index (χ4n) is 1.75. The van der Waals surface area contributed by atoms with Gasteiger partial charge in [-0.15, -0.1) is 0 Å². The number of hydrogen-bond acceptors (Lipinski definition) is 3. The third kappa shape index (κ3) is 1.69. The number of rotatable bonds is 2. The molecule has 1 aromatic carbocycles. The van der Waals surface area contributed by atoms with Crippen LogP contribution in [0.2, 0.25) is 0 Å². The predicted molar refractivity (Wildman–Crippen MR) is 65.7 cm³/mol. The number of fused-ring (bicyclic) bond motifs is 1. The molecule has 1 aliphatic rings. The molecule has 15 heavy (non-hydrogen) atoms. The lowest BCUT2D eigenvalue weighted by Gasteiger charge is -2.25. The monoisotopic (exact) mass is 203 g/mol. The van der Waals surface area contributed by atoms with Crippen molar-refractivity contribution in [2.75, 3.05) is 17.7 Å². The molecule has 2 N–H and O–H groups in total. The second-order valence-electron chi connectivity index (χ2n) is 4.28. The van der Waals surface area contributed by atoms with Gasteiger partial charge in [-0.25, -0.2) is 0 Å². The highest BCUT2D eigenvalue weighted by molar-refractivity contribution is 5.88. The summed E-state index contributed by atoms with van der Waals surface area (Å²) in [6.45, 7) is 5.10. The van der Waals surface area contributed by atoms with Crippen molar-refractivity contribution in [1.82, 2.24) is 0 Å². The first-order chi connectivity index (χ1) is 7.09. The molecular formula is C12H17N3. The molecule has 0 atom stereocenters. The van der Waals surface area contributed by atoms with Crippen molar-refractivity contribution in [1.29, 1.82) is 0 Å². The van der Waals surface area contributed by atoms with Crippen LogP contribution in [0, 0.1) is 0 Å². The van der Waals surface area contributed by atoms with Gasteiger partial charge in [0.15, 0.2) is 0 Å². The van der Waals surface area contributed by atoms with Gasteiger partial charge in [-0.2, -0.15) is 0 Å². The lowest BCUT2D eigenvalue weighted by Crippen LogP contribution is -2.26. The summed E-state index contributed by atoms with van der Waals surface area (Å²) in [5.41, 5.74) is 10.4. The second kappa shape index (κ2) is 3.57. The van der Waals surface area contributed by atoms with Crippen LogP contribution in [0.1, 0.15) is 25.0 Å². The number of hydrogen-bond donors (Lipinski definition) is 1. The Hall–Kier alpha value is -1.51. The first kappa shape index (κ1) is 10.0. The molecule has 0 amide bonds. The molecule has 0 fully saturated rings. The minimum atomic E-state index is 0.452. The Morgan fingerprint density at radius 3 is 2.80 bits per heavy atom. The van der Waals surface area contributed by atoms with E-state index in [0.717, 1.165) is 23.5 Å². The molecule has 0 saturated heterocycles. The van der Waals surface area contributed by atoms with Gasteiger partial charge in [-0.05, 0) is 37.1 Å². The van der Waals surface area contributed by atoms with Gasteiger partial charge < -0.3 is 10.6 Å². The van der Waals surface area contributed by atoms with Crippen LogP contribution in [0.25, 0.3) is 0 Å². The Labute approximate surface area is 90.6 Å². The minimum Gasteiger partial charge on any atom is -0.397 e. The molecule has 3 nitrogen and oxygen atoms in total. The van der Waals surface area contributed by atoms with Crippen molar-refractivity contribution in [3.63, 3.8) is 0 Å². The van der Waals surface area contributed by atoms with E-state index in [2.05, 4.69) is 36.9 Å². The van der Waals surface area contributed by atoms with Crippen LogP contribution in [0.4, 0.5) is 11.4 Å². The number of benzene rings is 1. The summed E-state index contributed by atoms with van der Waals surface area (Å²) in [7, 11) is 2.07. The quantitative estimate of drug-likeness (QED) is 0.747. The molecule has 0 spiro atoms. The Bertz CT molecular complexity index is 408. The van der Waals surface area contributed by atoms with Gasteiger partial charge in [0.25, 0.3) is 0 Å². The maximum atomic E-state index is 6.03. The molecule has 0 saturated carbocycles. The predicted octanol–water partition coefficient (Wildman–Crippen LogP) is 2.05. The number of aliphatic imine (C=N–C) groups is 1. The van der Waals surface area contributed by atoms with E-state index in [4.69, 9.17) is 5.73 Å². The second-order valence-corrected chi connectivity index (χ2v) is 4.28. The summed E-state index contributed by atoms with van der Waals surface area (Å²) < 4.78 is 0. The van der Waals surface area contributed by atoms with Crippen LogP contribution in [0.5, 0.6) is 0 Å². The normalized spacial score (nSPS) is 13.3. The van der Waals surface area contributed by atoms with Gasteiger partial charge >= 0.3 is 0 Å². The van der Waals surface area contributed by atoms with Gasteiger partial charge in [-0.3, -0.25) is 4.99 Å². The zero-order valence-corrected chi connectivity index (χ0v) is 9.49. The minimum absolute atomic E-state index is 0.452. The van der Waals surface area contributed by atoms with Crippen LogP contribution in [-0.4, -0.2) is 19.3 Å². The summed E-state index contributed by atoms with van der Waals surface area (Å²) >= 11 is 0. The smallest absolute Gasteiger partial charge is 0.0647 e. The number of nitrogens with two attached hydrogens (primary N) is 1. The highest BCUT2D eigenvalue weighted by Crippen LogP contribution is 2.29. The first-order valence-corrected chi connectivity index (χ1v) is 5.24. The lowest BCUT2D eigenvalue weighted by molar-refractivity contribution is 0.755. The molecule has 80 valence electrons. The van der Waals surface area contributed by atoms with Crippen LogP contribution in [0.15, 0.2) is 17.1 Å². The van der Waals surface area contributed by atoms with E-state index < -0.39 is 0 Å². The fraction of sp³-hybridized carbons (Fsp3) is 0.417. The van der Waals surface area contributed by atoms with E-state index in [1.807, 2.05) is 12.3 Å². The topological polar surface area (TPSA) is 41.6 Å². The highest BCUT2D eigenvalue weighted by atomic mass is 15.1. The third-order valence-electron chi connectivity index (χ3n) is 2.94. The summed E-state index contributed by atoms with van der Waals surface area (Å²) in [5.74, 6) is 0. The average molecular weight is 203 g/mol. The Morgan fingerprint density at radius 2 is 2.13 bits per heavy atom. The van der Waals surface area contributed by atoms with Crippen molar-refractivity contribution in [3.05, 3.63) is 23.3 Å². The van der Waals surface area contributed by atoms with Crippen LogP contribution < -0.4 is 10.6 Å². The Kier molecular flexibility index (Phi) is 2.39. The van der Waals surface area contributed by atoms with Crippen LogP contribution in [0.3, 0.4) is 0 Å². The summed E-state index contributed by atoms with van der Waals surface area (Å²) in [6.07, 6.45) is 1.89. The van der Waals surface area contributed by atoms with Crippen molar-refractivity contribution >= 4 is 17.6 Å². The van der Waals surface area contributed by atoms with Crippen molar-refractivity contribution < 1.29 is 0 Å². The van der Waals surface area contributed by atoms with Gasteiger partial charge in [0.05, 0.1) is 17.9 Å². The SMILES string of the molecule is CC(C)N(C)c1cc2c(cc1N)C=NC2. The maximum Gasteiger partial charge on any atom is 0.0647 e. The lowest BCUT2D eigenvalue weighted by atomic mass is 10.1. The number of anilines is 2. The Morgan fingerprint density at radius 1 is 1.40 bits per heavy atom. The summed E-state index contributed by atoms with van der Waals surface area (Å²) in [4.78, 5) is 6.43. The van der Waals surface area contributed by atoms with E-state index in [-0.39, 0.29) is 0 Å². The summed E-state index contributed by atoms with van der Waals surface area (Å²) in [5, 5.41) is 0. The summed E-state index contributed by atoms with van der Waals surface area (Å²) in [6, 6.07) is 4.62. The fourth-order valence-corrected chi connectivity index (χ4v) is 1.75. The van der Waals surface area contributed by atoms with Crippen molar-refractivity contribution in [3.8, 4) is 0 Å². The zero-order valence-electron chi connectivity index (χ0n) is 9.49. The molecule has 0 aromatic heterocycles. The van der Waals surface area contributed by atoms with Gasteiger partial charge in [0.1, 0.15) is 0 Å². The molecule has 0 aliphatic carbocycles. The first-order valence-electron chi connectivity index (χ1n) is 5.24. The molecule has 1 aliphatic heterocycles. The molecule has 0 bridgehead atoms. The van der Waals surface area contributed by atoms with Crippen LogP contribution in [-0.2, 0) is 6.54 Å². The average Bonchev–Trinajstić information content (AvgIpc) is 2.62. The van der Waals surface area contributed by atoms with E-state index in [0.29, 0.717) is 6.04 Å². The largest absolute Gasteiger partial charge is 0.397 e. The van der Waals surface area contributed by atoms with E-state index in [1.54, 1.807) is 0 Å². The van der Waals surface area contributed by atoms with Gasteiger partial charge in [0, 0.05) is 19.3 Å². The third-order valence-corrected chi connectivity index (χ3v) is 2.94. The molecular weight excluding hydrogens is 186 g/mol. The maximum absolute atomic E-state index is 6.03. The molecule has 3 heteroatoms. The molecule has 2 rings (SSSR count). The molecule has 0 unspecified atom stereocenters. The molecule has 0 radical (unpaired) electrons. The molecule has 1 heterocycles. The zero-order chi connectivity index (χ0) is 11.0. The number of nitrogen functional groups attached to an aromatic ring is 1. The standard InChI is InChI=1S/C12H17N3/c1-8(2)15(3)12-5-10-7-14-6-9(10)4-11(12)13/h4-6,8H,7,13H2,1-3H3. The van der Waals surface area contributed by atoms with Gasteiger partial charge in [0.2, 0.25) is 0 Å². The van der Waals surface area contributed by atoms with E-state index in [9.17, 15) is 0 Å². The van der Waals surface area contributed by atoms with E-state index >= 15 is 0 Å². The number of nitrogens with zero attached hydrogens (tertiary/aromatic N) is 2. The van der Waals surface area contributed by atoms with Gasteiger partial charge in [-0.1, -0.05) is 0 Å².